The van der Waals surface area contributed by atoms with Crippen LogP contribution in [0.2, 0.25) is 0 Å². The van der Waals surface area contributed by atoms with Gasteiger partial charge < -0.3 is 4.90 Å². The molecule has 0 bridgehead atoms. The molecule has 0 saturated heterocycles. The van der Waals surface area contributed by atoms with Gasteiger partial charge in [-0.1, -0.05) is 31.4 Å². The second-order valence-corrected chi connectivity index (χ2v) is 4.47. The van der Waals surface area contributed by atoms with Crippen LogP contribution in [-0.4, -0.2) is 14.1 Å². The molecule has 0 radical (unpaired) electrons. The third-order valence-electron chi connectivity index (χ3n) is 2.16. The number of hydrogen-bond acceptors (Lipinski definition) is 2. The van der Waals surface area contributed by atoms with Gasteiger partial charge in [-0.15, -0.1) is 11.3 Å². The molecular formula is C13H17NS. The molecule has 0 spiro atoms. The van der Waals surface area contributed by atoms with E-state index in [9.17, 15) is 0 Å². The van der Waals surface area contributed by atoms with Gasteiger partial charge >= 0.3 is 0 Å². The maximum Gasteiger partial charge on any atom is 0.0620 e. The minimum Gasteiger partial charge on any atom is -0.376 e. The molecule has 1 nitrogen and oxygen atoms in total. The van der Waals surface area contributed by atoms with E-state index in [1.165, 1.54) is 20.3 Å². The Morgan fingerprint density at radius 1 is 1.27 bits per heavy atom. The first-order valence-corrected chi connectivity index (χ1v) is 5.69. The molecule has 15 heavy (non-hydrogen) atoms. The standard InChI is InChI=1S/C13H17NS/c1-6-9-12-10(7-2)13(14(4)5)11(8-3)15-12/h6-9H,1,3H2,2,4-5H3/b10-7+,12-9+. The smallest absolute Gasteiger partial charge is 0.0620 e. The summed E-state index contributed by atoms with van der Waals surface area (Å²) in [6.07, 6.45) is 7.91. The third-order valence-corrected chi connectivity index (χ3v) is 3.32. The van der Waals surface area contributed by atoms with Crippen LogP contribution in [0.15, 0.2) is 19.2 Å². The van der Waals surface area contributed by atoms with Crippen molar-refractivity contribution in [1.82, 2.24) is 0 Å². The highest BCUT2D eigenvalue weighted by molar-refractivity contribution is 7.11. The van der Waals surface area contributed by atoms with Crippen LogP contribution in [0.25, 0.3) is 18.2 Å². The Kier molecular flexibility index (Phi) is 3.92. The molecule has 1 aromatic rings. The topological polar surface area (TPSA) is 3.24 Å². The highest BCUT2D eigenvalue weighted by Crippen LogP contribution is 2.17. The maximum absolute atomic E-state index is 3.85. The van der Waals surface area contributed by atoms with Crippen molar-refractivity contribution in [3.05, 3.63) is 33.9 Å². The molecule has 0 N–H and O–H groups in total. The van der Waals surface area contributed by atoms with Crippen LogP contribution in [0.5, 0.6) is 0 Å². The number of anilines is 1. The fourth-order valence-electron chi connectivity index (χ4n) is 1.58. The largest absolute Gasteiger partial charge is 0.376 e. The van der Waals surface area contributed by atoms with E-state index in [4.69, 9.17) is 0 Å². The van der Waals surface area contributed by atoms with E-state index in [1.807, 2.05) is 18.2 Å². The van der Waals surface area contributed by atoms with E-state index < -0.39 is 0 Å². The van der Waals surface area contributed by atoms with E-state index in [-0.39, 0.29) is 0 Å². The van der Waals surface area contributed by atoms with E-state index in [2.05, 4.69) is 45.2 Å². The number of nitrogens with zero attached hydrogens (tertiary/aromatic N) is 1. The summed E-state index contributed by atoms with van der Waals surface area (Å²) < 4.78 is 1.24. The van der Waals surface area contributed by atoms with Crippen molar-refractivity contribution < 1.29 is 0 Å². The highest BCUT2D eigenvalue weighted by atomic mass is 32.1. The lowest BCUT2D eigenvalue weighted by Gasteiger charge is -2.11. The Hall–Kier alpha value is -1.28. The van der Waals surface area contributed by atoms with Gasteiger partial charge in [0.1, 0.15) is 0 Å². The Morgan fingerprint density at radius 2 is 1.93 bits per heavy atom. The summed E-state index contributed by atoms with van der Waals surface area (Å²) in [5.74, 6) is 0. The van der Waals surface area contributed by atoms with Crippen molar-refractivity contribution in [2.75, 3.05) is 19.0 Å². The van der Waals surface area contributed by atoms with Crippen molar-refractivity contribution >= 4 is 35.3 Å². The summed E-state index contributed by atoms with van der Waals surface area (Å²) >= 11 is 1.75. The van der Waals surface area contributed by atoms with Crippen LogP contribution < -0.4 is 14.7 Å². The van der Waals surface area contributed by atoms with Crippen LogP contribution in [0.4, 0.5) is 5.69 Å². The lowest BCUT2D eigenvalue weighted by atomic mass is 10.2. The van der Waals surface area contributed by atoms with Crippen LogP contribution in [0.3, 0.4) is 0 Å². The van der Waals surface area contributed by atoms with Crippen molar-refractivity contribution in [2.24, 2.45) is 0 Å². The van der Waals surface area contributed by atoms with Crippen LogP contribution in [0.1, 0.15) is 11.8 Å². The van der Waals surface area contributed by atoms with Gasteiger partial charge in [-0.25, -0.2) is 0 Å². The molecule has 0 fully saturated rings. The summed E-state index contributed by atoms with van der Waals surface area (Å²) in [5, 5.41) is 1.26. The van der Waals surface area contributed by atoms with E-state index in [0.717, 1.165) is 0 Å². The van der Waals surface area contributed by atoms with Gasteiger partial charge in [0, 0.05) is 23.8 Å². The van der Waals surface area contributed by atoms with E-state index in [0.29, 0.717) is 0 Å². The van der Waals surface area contributed by atoms with Crippen LogP contribution in [-0.2, 0) is 0 Å². The lowest BCUT2D eigenvalue weighted by Crippen LogP contribution is -2.25. The Bertz CT molecular complexity index is 477. The van der Waals surface area contributed by atoms with Gasteiger partial charge in [-0.3, -0.25) is 0 Å². The van der Waals surface area contributed by atoms with Crippen molar-refractivity contribution in [2.45, 2.75) is 6.92 Å². The monoisotopic (exact) mass is 219 g/mol. The highest BCUT2D eigenvalue weighted by Gasteiger charge is 2.07. The molecule has 2 heteroatoms. The normalized spacial score (nSPS) is 13.0. The Balaban J connectivity index is 3.69. The minimum atomic E-state index is 1.21. The lowest BCUT2D eigenvalue weighted by molar-refractivity contribution is 1.13. The third kappa shape index (κ3) is 2.21. The molecule has 0 unspecified atom stereocenters. The molecule has 1 rings (SSSR count). The number of hydrogen-bond donors (Lipinski definition) is 0. The number of allylic oxidation sites excluding steroid dienone is 1. The van der Waals surface area contributed by atoms with Gasteiger partial charge in [0.15, 0.2) is 0 Å². The average Bonchev–Trinajstić information content (AvgIpc) is 2.56. The molecule has 0 amide bonds. The first-order chi connectivity index (χ1) is 7.15. The first-order valence-electron chi connectivity index (χ1n) is 4.87. The van der Waals surface area contributed by atoms with Crippen molar-refractivity contribution in [1.29, 1.82) is 0 Å². The van der Waals surface area contributed by atoms with E-state index >= 15 is 0 Å². The summed E-state index contributed by atoms with van der Waals surface area (Å²) in [5.41, 5.74) is 1.24. The summed E-state index contributed by atoms with van der Waals surface area (Å²) in [4.78, 5) is 3.34. The molecule has 0 saturated carbocycles. The number of rotatable bonds is 3. The van der Waals surface area contributed by atoms with Gasteiger partial charge in [0.05, 0.1) is 10.6 Å². The molecule has 0 aliphatic heterocycles. The molecule has 0 aromatic carbocycles. The van der Waals surface area contributed by atoms with Crippen molar-refractivity contribution in [3.8, 4) is 0 Å². The quantitative estimate of drug-likeness (QED) is 0.753. The molecule has 1 aromatic heterocycles. The molecule has 0 aliphatic rings. The zero-order chi connectivity index (χ0) is 11.4. The molecule has 1 heterocycles. The number of thiophene rings is 1. The summed E-state index contributed by atoms with van der Waals surface area (Å²) in [6, 6.07) is 0. The molecular weight excluding hydrogens is 202 g/mol. The van der Waals surface area contributed by atoms with Gasteiger partial charge in [-0.2, -0.15) is 0 Å². The van der Waals surface area contributed by atoms with Gasteiger partial charge in [-0.05, 0) is 13.0 Å². The average molecular weight is 219 g/mol. The molecule has 0 aliphatic carbocycles. The zero-order valence-electron chi connectivity index (χ0n) is 9.58. The maximum atomic E-state index is 3.85. The fourth-order valence-corrected chi connectivity index (χ4v) is 2.78. The summed E-state index contributed by atoms with van der Waals surface area (Å²) in [7, 11) is 4.11. The fraction of sp³-hybridized carbons (Fsp3) is 0.231. The Labute approximate surface area is 95.4 Å². The SMILES string of the molecule is C=C/C=c1/sc(C=C)c(N(C)C)/c1=C/C. The minimum absolute atomic E-state index is 1.21. The second-order valence-electron chi connectivity index (χ2n) is 3.38. The van der Waals surface area contributed by atoms with Crippen LogP contribution in [0, 0.1) is 0 Å². The predicted molar refractivity (Wildman–Crippen MR) is 72.8 cm³/mol. The second kappa shape index (κ2) is 4.99. The predicted octanol–water partition coefficient (Wildman–Crippen LogP) is 2.22. The van der Waals surface area contributed by atoms with E-state index in [1.54, 1.807) is 11.3 Å². The van der Waals surface area contributed by atoms with Gasteiger partial charge in [0.2, 0.25) is 0 Å². The van der Waals surface area contributed by atoms with Crippen molar-refractivity contribution in [3.63, 3.8) is 0 Å². The summed E-state index contributed by atoms with van der Waals surface area (Å²) in [6.45, 7) is 9.65. The first kappa shape index (κ1) is 11.8. The zero-order valence-corrected chi connectivity index (χ0v) is 10.4. The van der Waals surface area contributed by atoms with Crippen LogP contribution >= 0.6 is 11.3 Å². The molecule has 0 atom stereocenters. The van der Waals surface area contributed by atoms with Gasteiger partial charge in [0.25, 0.3) is 0 Å². The molecule has 80 valence electrons. The Morgan fingerprint density at radius 3 is 2.33 bits per heavy atom.